The number of carbonyl (C=O) groups excluding carboxylic acids is 1. The van der Waals surface area contributed by atoms with E-state index in [4.69, 9.17) is 5.11 Å². The van der Waals surface area contributed by atoms with E-state index < -0.39 is 5.97 Å². The van der Waals surface area contributed by atoms with E-state index in [-0.39, 0.29) is 24.4 Å². The molecule has 0 saturated carbocycles. The van der Waals surface area contributed by atoms with Gasteiger partial charge in [0.25, 0.3) is 0 Å². The van der Waals surface area contributed by atoms with Gasteiger partial charge < -0.3 is 10.4 Å². The van der Waals surface area contributed by atoms with Crippen molar-refractivity contribution in [3.63, 3.8) is 0 Å². The molecule has 2 atom stereocenters. The van der Waals surface area contributed by atoms with E-state index in [9.17, 15) is 9.59 Å². The van der Waals surface area contributed by atoms with Crippen molar-refractivity contribution in [1.29, 1.82) is 0 Å². The summed E-state index contributed by atoms with van der Waals surface area (Å²) in [5, 5.41) is 11.4. The van der Waals surface area contributed by atoms with Crippen LogP contribution < -0.4 is 5.32 Å². The third kappa shape index (κ3) is 2.45. The number of hydrogen-bond acceptors (Lipinski definition) is 3. The van der Waals surface area contributed by atoms with Gasteiger partial charge in [-0.2, -0.15) is 0 Å². The van der Waals surface area contributed by atoms with E-state index in [0.717, 1.165) is 6.54 Å². The lowest BCUT2D eigenvalue weighted by Gasteiger charge is -2.36. The van der Waals surface area contributed by atoms with Crippen LogP contribution in [-0.4, -0.2) is 47.1 Å². The van der Waals surface area contributed by atoms with Gasteiger partial charge in [0.15, 0.2) is 0 Å². The van der Waals surface area contributed by atoms with Crippen LogP contribution in [0.1, 0.15) is 20.3 Å². The number of piperazine rings is 1. The normalized spacial score (nSPS) is 25.6. The zero-order valence-corrected chi connectivity index (χ0v) is 8.49. The monoisotopic (exact) mass is 200 g/mol. The average Bonchev–Trinajstić information content (AvgIpc) is 2.08. The summed E-state index contributed by atoms with van der Waals surface area (Å²) in [5.74, 6) is -0.843. The Kier molecular flexibility index (Phi) is 3.46. The molecule has 1 amide bonds. The van der Waals surface area contributed by atoms with Gasteiger partial charge in [-0.15, -0.1) is 0 Å². The smallest absolute Gasteiger partial charge is 0.304 e. The molecule has 2 N–H and O–H groups in total. The Morgan fingerprint density at radius 1 is 1.79 bits per heavy atom. The summed E-state index contributed by atoms with van der Waals surface area (Å²) in [4.78, 5) is 23.7. The largest absolute Gasteiger partial charge is 0.481 e. The van der Waals surface area contributed by atoms with Crippen molar-refractivity contribution in [2.45, 2.75) is 32.4 Å². The van der Waals surface area contributed by atoms with Crippen LogP contribution in [0.2, 0.25) is 0 Å². The minimum atomic E-state index is -0.823. The first-order valence-corrected chi connectivity index (χ1v) is 4.77. The molecule has 0 aromatic carbocycles. The van der Waals surface area contributed by atoms with Crippen LogP contribution in [0, 0.1) is 0 Å². The molecule has 14 heavy (non-hydrogen) atoms. The summed E-state index contributed by atoms with van der Waals surface area (Å²) in [6.07, 6.45) is 0.0810. The van der Waals surface area contributed by atoms with Gasteiger partial charge in [0.05, 0.1) is 12.5 Å². The molecule has 1 saturated heterocycles. The Morgan fingerprint density at radius 3 is 3.00 bits per heavy atom. The fourth-order valence-corrected chi connectivity index (χ4v) is 1.77. The average molecular weight is 200 g/mol. The van der Waals surface area contributed by atoms with Gasteiger partial charge in [-0.05, 0) is 13.8 Å². The molecule has 0 radical (unpaired) electrons. The predicted molar refractivity (Wildman–Crippen MR) is 50.9 cm³/mol. The summed E-state index contributed by atoms with van der Waals surface area (Å²) >= 11 is 0. The van der Waals surface area contributed by atoms with E-state index in [1.165, 1.54) is 0 Å². The van der Waals surface area contributed by atoms with Crippen molar-refractivity contribution in [3.05, 3.63) is 0 Å². The molecule has 5 nitrogen and oxygen atoms in total. The fraction of sp³-hybridized carbons (Fsp3) is 0.778. The van der Waals surface area contributed by atoms with E-state index in [1.807, 2.05) is 11.8 Å². The van der Waals surface area contributed by atoms with Crippen LogP contribution >= 0.6 is 0 Å². The van der Waals surface area contributed by atoms with E-state index in [0.29, 0.717) is 6.54 Å². The van der Waals surface area contributed by atoms with Gasteiger partial charge in [-0.3, -0.25) is 14.5 Å². The van der Waals surface area contributed by atoms with Crippen molar-refractivity contribution in [2.24, 2.45) is 0 Å². The number of aliphatic carboxylic acids is 1. The van der Waals surface area contributed by atoms with Crippen LogP contribution in [0.3, 0.4) is 0 Å². The summed E-state index contributed by atoms with van der Waals surface area (Å²) in [5.41, 5.74) is 0. The molecular formula is C9H16N2O3. The van der Waals surface area contributed by atoms with Crippen LogP contribution in [-0.2, 0) is 9.59 Å². The van der Waals surface area contributed by atoms with Gasteiger partial charge in [-0.1, -0.05) is 0 Å². The van der Waals surface area contributed by atoms with Crippen molar-refractivity contribution >= 4 is 11.9 Å². The van der Waals surface area contributed by atoms with Crippen LogP contribution in [0.4, 0.5) is 0 Å². The molecular weight excluding hydrogens is 184 g/mol. The Hall–Kier alpha value is -1.10. The number of carboxylic acids is 1. The summed E-state index contributed by atoms with van der Waals surface area (Å²) in [6.45, 7) is 4.96. The number of amides is 1. The number of rotatable bonds is 3. The van der Waals surface area contributed by atoms with Crippen molar-refractivity contribution in [1.82, 2.24) is 10.2 Å². The predicted octanol–water partition coefficient (Wildman–Crippen LogP) is -0.330. The SMILES string of the molecule is CC(CC(=O)O)N1CCNC(=O)C1C. The molecule has 80 valence electrons. The second-order valence-electron chi connectivity index (χ2n) is 3.65. The molecule has 1 aliphatic rings. The van der Waals surface area contributed by atoms with E-state index in [1.54, 1.807) is 6.92 Å². The number of nitrogens with zero attached hydrogens (tertiary/aromatic N) is 1. The second-order valence-corrected chi connectivity index (χ2v) is 3.65. The lowest BCUT2D eigenvalue weighted by Crippen LogP contribution is -2.56. The number of carboxylic acid groups (broad SMARTS) is 1. The van der Waals surface area contributed by atoms with Gasteiger partial charge in [0.2, 0.25) is 5.91 Å². The minimum absolute atomic E-state index is 0.0199. The number of carbonyl (C=O) groups is 2. The molecule has 1 rings (SSSR count). The van der Waals surface area contributed by atoms with Gasteiger partial charge in [0.1, 0.15) is 0 Å². The van der Waals surface area contributed by atoms with Gasteiger partial charge in [-0.25, -0.2) is 0 Å². The molecule has 0 aliphatic carbocycles. The van der Waals surface area contributed by atoms with Crippen molar-refractivity contribution in [3.8, 4) is 0 Å². The van der Waals surface area contributed by atoms with E-state index >= 15 is 0 Å². The molecule has 1 aliphatic heterocycles. The maximum absolute atomic E-state index is 11.3. The minimum Gasteiger partial charge on any atom is -0.481 e. The zero-order chi connectivity index (χ0) is 10.7. The highest BCUT2D eigenvalue weighted by molar-refractivity contribution is 5.82. The molecule has 0 bridgehead atoms. The summed E-state index contributed by atoms with van der Waals surface area (Å²) < 4.78 is 0. The third-order valence-electron chi connectivity index (χ3n) is 2.58. The standard InChI is InChI=1S/C9H16N2O3/c1-6(5-8(12)13)11-4-3-10-9(14)7(11)2/h6-7H,3-5H2,1-2H3,(H,10,14)(H,12,13). The quantitative estimate of drug-likeness (QED) is 0.654. The van der Waals surface area contributed by atoms with Crippen LogP contribution in [0.25, 0.3) is 0 Å². The molecule has 2 unspecified atom stereocenters. The fourth-order valence-electron chi connectivity index (χ4n) is 1.77. The Balaban J connectivity index is 2.57. The van der Waals surface area contributed by atoms with Crippen LogP contribution in [0.5, 0.6) is 0 Å². The number of hydrogen-bond donors (Lipinski definition) is 2. The second kappa shape index (κ2) is 4.41. The lowest BCUT2D eigenvalue weighted by atomic mass is 10.1. The van der Waals surface area contributed by atoms with Crippen molar-refractivity contribution < 1.29 is 14.7 Å². The molecule has 0 aromatic heterocycles. The Morgan fingerprint density at radius 2 is 2.43 bits per heavy atom. The first kappa shape index (κ1) is 11.0. The Labute approximate surface area is 83.1 Å². The maximum atomic E-state index is 11.3. The topological polar surface area (TPSA) is 69.6 Å². The highest BCUT2D eigenvalue weighted by Crippen LogP contribution is 2.11. The highest BCUT2D eigenvalue weighted by Gasteiger charge is 2.29. The summed E-state index contributed by atoms with van der Waals surface area (Å²) in [7, 11) is 0. The zero-order valence-electron chi connectivity index (χ0n) is 8.49. The first-order chi connectivity index (χ1) is 6.52. The van der Waals surface area contributed by atoms with E-state index in [2.05, 4.69) is 5.32 Å². The van der Waals surface area contributed by atoms with Gasteiger partial charge in [0, 0.05) is 19.1 Å². The molecule has 1 heterocycles. The molecule has 5 heteroatoms. The number of nitrogens with one attached hydrogen (secondary N) is 1. The molecule has 0 spiro atoms. The van der Waals surface area contributed by atoms with Crippen molar-refractivity contribution in [2.75, 3.05) is 13.1 Å². The molecule has 0 aromatic rings. The van der Waals surface area contributed by atoms with Gasteiger partial charge >= 0.3 is 5.97 Å². The third-order valence-corrected chi connectivity index (χ3v) is 2.58. The molecule has 1 fully saturated rings. The Bertz CT molecular complexity index is 242. The maximum Gasteiger partial charge on any atom is 0.304 e. The lowest BCUT2D eigenvalue weighted by molar-refractivity contribution is -0.140. The highest BCUT2D eigenvalue weighted by atomic mass is 16.4. The van der Waals surface area contributed by atoms with Crippen LogP contribution in [0.15, 0.2) is 0 Å². The first-order valence-electron chi connectivity index (χ1n) is 4.77. The summed E-state index contributed by atoms with van der Waals surface area (Å²) in [6, 6.07) is -0.313.